The highest BCUT2D eigenvalue weighted by Gasteiger charge is 2.23. The highest BCUT2D eigenvalue weighted by Crippen LogP contribution is 2.41. The number of fused-ring (bicyclic) bond motifs is 14. The van der Waals surface area contributed by atoms with E-state index in [0.717, 1.165) is 128 Å². The number of rotatable bonds is 13. The summed E-state index contributed by atoms with van der Waals surface area (Å²) in [7, 11) is 0. The van der Waals surface area contributed by atoms with Gasteiger partial charge in [0.15, 0.2) is 23.3 Å². The molecule has 16 heterocycles. The first kappa shape index (κ1) is 80.2. The van der Waals surface area contributed by atoms with Crippen molar-refractivity contribution < 1.29 is 0 Å². The van der Waals surface area contributed by atoms with E-state index in [-0.39, 0.29) is 0 Å². The Morgan fingerprint density at radius 2 is 0.544 bits per heavy atom. The Morgan fingerprint density at radius 1 is 0.184 bits per heavy atom. The summed E-state index contributed by atoms with van der Waals surface area (Å²) < 4.78 is 12.7. The van der Waals surface area contributed by atoms with Gasteiger partial charge < -0.3 is 13.4 Å². The molecule has 0 bridgehead atoms. The second-order valence-corrected chi connectivity index (χ2v) is 32.5. The minimum atomic E-state index is 0.489. The average Bonchev–Trinajstić information content (AvgIpc) is 1.61. The number of hydrogen-bond donors (Lipinski definition) is 0. The third-order valence-electron chi connectivity index (χ3n) is 24.3. The number of benzene rings is 11. The summed E-state index contributed by atoms with van der Waals surface area (Å²) in [5, 5.41) is 9.56. The highest BCUT2D eigenvalue weighted by atomic mass is 15.2. The van der Waals surface area contributed by atoms with Crippen molar-refractivity contribution in [2.45, 2.75) is 0 Å². The molecule has 0 saturated heterocycles. The van der Waals surface area contributed by atoms with E-state index in [1.54, 1.807) is 24.8 Å². The Labute approximate surface area is 777 Å². The highest BCUT2D eigenvalue weighted by molar-refractivity contribution is 6.12. The second-order valence-electron chi connectivity index (χ2n) is 32.5. The first-order valence-corrected chi connectivity index (χ1v) is 44.5. The lowest BCUT2D eigenvalue weighted by Gasteiger charge is -2.10. The lowest BCUT2D eigenvalue weighted by atomic mass is 9.99. The summed E-state index contributed by atoms with van der Waals surface area (Å²) in [5.74, 6) is 4.11. The molecule has 0 aliphatic carbocycles. The van der Waals surface area contributed by atoms with Gasteiger partial charge in [-0.3, -0.25) is 23.7 Å². The zero-order valence-corrected chi connectivity index (χ0v) is 72.7. The predicted octanol–water partition coefficient (Wildman–Crippen LogP) is 25.6. The van der Waals surface area contributed by atoms with Crippen LogP contribution < -0.4 is 0 Å². The van der Waals surface area contributed by atoms with Crippen molar-refractivity contribution in [2.24, 2.45) is 0 Å². The van der Waals surface area contributed by atoms with Crippen LogP contribution >= 0.6 is 0 Å². The van der Waals surface area contributed by atoms with Crippen LogP contribution in [-0.2, 0) is 0 Å². The molecule has 27 rings (SSSR count). The van der Waals surface area contributed by atoms with Crippen LogP contribution in [-0.4, -0.2) is 102 Å². The van der Waals surface area contributed by atoms with E-state index in [2.05, 4.69) is 266 Å². The van der Waals surface area contributed by atoms with E-state index >= 15 is 0 Å². The molecule has 16 aromatic heterocycles. The van der Waals surface area contributed by atoms with E-state index < -0.39 is 0 Å². The molecule has 0 amide bonds. The van der Waals surface area contributed by atoms with Gasteiger partial charge in [0, 0.05) is 156 Å². The zero-order valence-electron chi connectivity index (χ0n) is 72.7. The molecule has 0 spiro atoms. The SMILES string of the molecule is c1ccc(-c2c(-c3cnc(-n4c5ccccc5c5ccccc54)nc3)cn3ccccc23)cc1.c1ccc(-c2cc(-c3ncc(-n4c5ccccc5c5ccccc54)cn3)cc(-c3ccccn3)n2)cc1.c1ccc(-c2nc(-c3cnc(-n4c5ccccc5c5ccccc54)nc3)nc(-c3ccccn3)n2)cc1.c1ccc2c(c1)c1ccccc1n2-c1ncc(-c2cn3ccccc3n2)cn1. The van der Waals surface area contributed by atoms with Crippen LogP contribution in [0.4, 0.5) is 0 Å². The largest absolute Gasteiger partial charge is 0.323 e. The molecule has 27 aromatic rings. The first-order chi connectivity index (χ1) is 67.5. The van der Waals surface area contributed by atoms with Crippen molar-refractivity contribution in [3.05, 3.63) is 457 Å². The molecule has 640 valence electrons. The molecule has 0 fully saturated rings. The van der Waals surface area contributed by atoms with Gasteiger partial charge in [0.05, 0.1) is 96.1 Å². The lowest BCUT2D eigenvalue weighted by Crippen LogP contribution is -2.03. The van der Waals surface area contributed by atoms with Crippen molar-refractivity contribution in [2.75, 3.05) is 0 Å². The predicted molar refractivity (Wildman–Crippen MR) is 541 cm³/mol. The maximum Gasteiger partial charge on any atom is 0.234 e. The average molecular weight is 1750 g/mol. The molecule has 0 radical (unpaired) electrons. The van der Waals surface area contributed by atoms with Crippen molar-refractivity contribution in [3.8, 4) is 125 Å². The van der Waals surface area contributed by atoms with Crippen LogP contribution in [0.2, 0.25) is 0 Å². The van der Waals surface area contributed by atoms with Crippen LogP contribution in [0.3, 0.4) is 0 Å². The summed E-state index contributed by atoms with van der Waals surface area (Å²) in [6.07, 6.45) is 26.6. The number of aromatic nitrogens is 21. The van der Waals surface area contributed by atoms with Gasteiger partial charge in [0.1, 0.15) is 11.3 Å². The minimum absolute atomic E-state index is 0.489. The molecule has 136 heavy (non-hydrogen) atoms. The molecule has 21 heteroatoms. The summed E-state index contributed by atoms with van der Waals surface area (Å²) in [6, 6.07) is 125. The van der Waals surface area contributed by atoms with Gasteiger partial charge in [-0.15, -0.1) is 0 Å². The van der Waals surface area contributed by atoms with E-state index in [1.165, 1.54) is 43.4 Å². The molecule has 11 aromatic carbocycles. The van der Waals surface area contributed by atoms with Gasteiger partial charge in [0.25, 0.3) is 0 Å². The van der Waals surface area contributed by atoms with Crippen LogP contribution in [0.5, 0.6) is 0 Å². The van der Waals surface area contributed by atoms with Crippen molar-refractivity contribution in [3.63, 3.8) is 0 Å². The molecule has 0 saturated carbocycles. The molecule has 0 aliphatic rings. The van der Waals surface area contributed by atoms with Gasteiger partial charge in [0.2, 0.25) is 17.8 Å². The lowest BCUT2D eigenvalue weighted by molar-refractivity contribution is 0.981. The summed E-state index contributed by atoms with van der Waals surface area (Å²) in [4.78, 5) is 70.8. The number of imidazole rings is 1. The van der Waals surface area contributed by atoms with Crippen LogP contribution in [0, 0.1) is 0 Å². The number of pyridine rings is 5. The molecular weight excluding hydrogens is 1680 g/mol. The topological polar surface area (TPSA) is 222 Å². The molecule has 0 N–H and O–H groups in total. The van der Waals surface area contributed by atoms with Crippen molar-refractivity contribution in [1.82, 2.24) is 102 Å². The van der Waals surface area contributed by atoms with Crippen molar-refractivity contribution in [1.29, 1.82) is 0 Å². The molecule has 0 aliphatic heterocycles. The Hall–Kier alpha value is -19.2. The Bertz CT molecular complexity index is 8440. The fourth-order valence-electron chi connectivity index (χ4n) is 18.1. The maximum atomic E-state index is 4.90. The monoisotopic (exact) mass is 1750 g/mol. The molecule has 0 unspecified atom stereocenters. The van der Waals surface area contributed by atoms with Crippen LogP contribution in [0.15, 0.2) is 457 Å². The third kappa shape index (κ3) is 15.0. The Balaban J connectivity index is 0.0000000996. The first-order valence-electron chi connectivity index (χ1n) is 44.5. The van der Waals surface area contributed by atoms with E-state index in [9.17, 15) is 0 Å². The normalized spacial score (nSPS) is 11.4. The summed E-state index contributed by atoms with van der Waals surface area (Å²) in [6.45, 7) is 0. The smallest absolute Gasteiger partial charge is 0.234 e. The van der Waals surface area contributed by atoms with Gasteiger partial charge in [-0.05, 0) is 115 Å². The molecule has 0 atom stereocenters. The Kier molecular flexibility index (Phi) is 20.7. The third-order valence-corrected chi connectivity index (χ3v) is 24.3. The molecular formula is C115H75N21. The van der Waals surface area contributed by atoms with Crippen LogP contribution in [0.1, 0.15) is 0 Å². The Morgan fingerprint density at radius 3 is 1.00 bits per heavy atom. The fraction of sp³-hybridized carbons (Fsp3) is 0. The molecule has 21 nitrogen and oxygen atoms in total. The number of para-hydroxylation sites is 8. The van der Waals surface area contributed by atoms with Gasteiger partial charge >= 0.3 is 0 Å². The quantitative estimate of drug-likeness (QED) is 0.105. The van der Waals surface area contributed by atoms with Crippen LogP contribution in [0.25, 0.3) is 224 Å². The zero-order chi connectivity index (χ0) is 90.2. The fourth-order valence-corrected chi connectivity index (χ4v) is 18.1. The minimum Gasteiger partial charge on any atom is -0.323 e. The van der Waals surface area contributed by atoms with Gasteiger partial charge in [-0.25, -0.2) is 64.8 Å². The van der Waals surface area contributed by atoms with Gasteiger partial charge in [-0.2, -0.15) is 0 Å². The van der Waals surface area contributed by atoms with E-state index in [1.807, 2.05) is 218 Å². The second kappa shape index (κ2) is 35.0. The summed E-state index contributed by atoms with van der Waals surface area (Å²) >= 11 is 0. The van der Waals surface area contributed by atoms with E-state index in [0.29, 0.717) is 52.4 Å². The number of nitrogens with zero attached hydrogens (tertiary/aromatic N) is 21. The maximum absolute atomic E-state index is 4.90. The standard InChI is InChI=1S/C32H21N5.C30H19N7.C30H20N4.C23H15N5/c1-2-10-22(11-3-1)28-18-23(19-29(36-28)27-14-8-9-17-33-27)32-34-20-24(21-35-32)37-30-15-6-4-12-25(30)26-13-5-7-16-31(26)37;1-2-10-20(11-3-1)27-34-28(36-29(35-27)24-14-8-9-17-31-24)21-18-32-30(33-19-21)37-25-15-6-4-12-22(25)23-13-5-7-16-26(23)37;1-2-10-21(11-3-1)29-25(20-33-17-9-8-16-28(29)33)22-18-31-30(32-19-22)34-26-14-6-4-12-23(26)24-13-5-7-15-27(24)34;1-3-9-20-17(7-1)18-8-2-4-10-21(18)28(20)23-24-13-16(14-25-23)19-15-27-12-6-5-11-22(27)26-19/h1-21H;1-19H;1-20H;1-15H. The van der Waals surface area contributed by atoms with E-state index in [4.69, 9.17) is 49.8 Å². The van der Waals surface area contributed by atoms with Crippen molar-refractivity contribution >= 4 is 98.4 Å². The number of hydrogen-bond acceptors (Lipinski definition) is 15. The van der Waals surface area contributed by atoms with Gasteiger partial charge in [-0.1, -0.05) is 261 Å². The summed E-state index contributed by atoms with van der Waals surface area (Å²) in [5.41, 5.74) is 24.7.